The van der Waals surface area contributed by atoms with Crippen molar-refractivity contribution in [3.63, 3.8) is 0 Å². The van der Waals surface area contributed by atoms with Gasteiger partial charge in [0, 0.05) is 28.1 Å². The maximum atomic E-state index is 12.6. The van der Waals surface area contributed by atoms with Crippen molar-refractivity contribution in [1.29, 1.82) is 0 Å². The van der Waals surface area contributed by atoms with Gasteiger partial charge in [0.1, 0.15) is 12.4 Å². The average Bonchev–Trinajstić information content (AvgIpc) is 3.22. The second-order valence-corrected chi connectivity index (χ2v) is 7.31. The number of nitrogens with zero attached hydrogens (tertiary/aromatic N) is 2. The zero-order chi connectivity index (χ0) is 18.8. The van der Waals surface area contributed by atoms with E-state index in [4.69, 9.17) is 4.74 Å². The lowest BCUT2D eigenvalue weighted by atomic mass is 10.0. The van der Waals surface area contributed by atoms with Crippen molar-refractivity contribution in [3.8, 4) is 11.4 Å². The highest BCUT2D eigenvalue weighted by molar-refractivity contribution is 9.10. The van der Waals surface area contributed by atoms with Crippen molar-refractivity contribution in [3.05, 3.63) is 82.4 Å². The number of hydrogen-bond donors (Lipinski definition) is 1. The summed E-state index contributed by atoms with van der Waals surface area (Å²) in [7, 11) is 0. The molecule has 1 aliphatic rings. The number of carbonyl (C=O) groups excluding carboxylic acids is 1. The zero-order valence-corrected chi connectivity index (χ0v) is 16.3. The predicted molar refractivity (Wildman–Crippen MR) is 108 cm³/mol. The molecule has 5 nitrogen and oxygen atoms in total. The summed E-state index contributed by atoms with van der Waals surface area (Å²) >= 11 is 3.45. The van der Waals surface area contributed by atoms with Crippen molar-refractivity contribution in [2.24, 2.45) is 0 Å². The molecule has 136 valence electrons. The van der Waals surface area contributed by atoms with Crippen molar-refractivity contribution in [2.75, 3.05) is 6.61 Å². The van der Waals surface area contributed by atoms with E-state index in [2.05, 4.69) is 26.2 Å². The largest absolute Gasteiger partial charge is 0.488 e. The molecule has 6 heteroatoms. The quantitative estimate of drug-likeness (QED) is 0.680. The second-order valence-electron chi connectivity index (χ2n) is 6.40. The maximum absolute atomic E-state index is 12.6. The third-order valence-electron chi connectivity index (χ3n) is 4.52. The number of amides is 1. The van der Waals surface area contributed by atoms with Crippen LogP contribution in [0.3, 0.4) is 0 Å². The first-order valence-electron chi connectivity index (χ1n) is 8.62. The zero-order valence-electron chi connectivity index (χ0n) is 14.7. The smallest absolute Gasteiger partial charge is 0.251 e. The van der Waals surface area contributed by atoms with E-state index in [1.54, 1.807) is 12.5 Å². The van der Waals surface area contributed by atoms with E-state index in [1.807, 2.05) is 66.2 Å². The van der Waals surface area contributed by atoms with Gasteiger partial charge in [-0.2, -0.15) is 0 Å². The molecule has 1 aromatic heterocycles. The number of hydrogen-bond acceptors (Lipinski definition) is 3. The van der Waals surface area contributed by atoms with Crippen LogP contribution in [0, 0.1) is 0 Å². The van der Waals surface area contributed by atoms with E-state index in [0.717, 1.165) is 27.0 Å². The van der Waals surface area contributed by atoms with Gasteiger partial charge >= 0.3 is 0 Å². The fourth-order valence-corrected chi connectivity index (χ4v) is 3.38. The third kappa shape index (κ3) is 3.80. The number of nitrogens with one attached hydrogen (secondary N) is 1. The maximum Gasteiger partial charge on any atom is 0.251 e. The number of halogens is 1. The van der Waals surface area contributed by atoms with Gasteiger partial charge < -0.3 is 14.6 Å². The number of carbonyl (C=O) groups is 1. The Morgan fingerprint density at radius 3 is 2.81 bits per heavy atom. The molecular weight excluding hydrogens is 406 g/mol. The molecule has 0 fully saturated rings. The Morgan fingerprint density at radius 1 is 1.26 bits per heavy atom. The van der Waals surface area contributed by atoms with Gasteiger partial charge in [0.15, 0.2) is 0 Å². The molecule has 0 radical (unpaired) electrons. The Bertz CT molecular complexity index is 995. The summed E-state index contributed by atoms with van der Waals surface area (Å²) in [6.45, 7) is 2.24. The van der Waals surface area contributed by atoms with Gasteiger partial charge in [-0.05, 0) is 48.9 Å². The Morgan fingerprint density at radius 2 is 2.07 bits per heavy atom. The van der Waals surface area contributed by atoms with Crippen LogP contribution in [0.2, 0.25) is 0 Å². The number of benzene rings is 2. The molecule has 0 spiro atoms. The van der Waals surface area contributed by atoms with Crippen molar-refractivity contribution >= 4 is 27.9 Å². The van der Waals surface area contributed by atoms with E-state index in [0.29, 0.717) is 5.57 Å². The molecule has 1 amide bonds. The molecule has 27 heavy (non-hydrogen) atoms. The molecule has 1 unspecified atom stereocenters. The van der Waals surface area contributed by atoms with E-state index in [9.17, 15) is 4.79 Å². The van der Waals surface area contributed by atoms with Crippen LogP contribution < -0.4 is 10.1 Å². The summed E-state index contributed by atoms with van der Waals surface area (Å²) in [4.78, 5) is 16.7. The first-order valence-corrected chi connectivity index (χ1v) is 9.41. The van der Waals surface area contributed by atoms with Crippen LogP contribution in [0.25, 0.3) is 11.8 Å². The molecule has 1 aliphatic heterocycles. The Kier molecular flexibility index (Phi) is 4.81. The van der Waals surface area contributed by atoms with Gasteiger partial charge in [-0.25, -0.2) is 4.98 Å². The monoisotopic (exact) mass is 423 g/mol. The highest BCUT2D eigenvalue weighted by atomic mass is 79.9. The Labute approximate surface area is 165 Å². The first-order chi connectivity index (χ1) is 13.1. The predicted octanol–water partition coefficient (Wildman–Crippen LogP) is 4.29. The van der Waals surface area contributed by atoms with Gasteiger partial charge in [-0.3, -0.25) is 4.79 Å². The third-order valence-corrected chi connectivity index (χ3v) is 5.01. The van der Waals surface area contributed by atoms with Crippen molar-refractivity contribution in [1.82, 2.24) is 14.9 Å². The molecule has 0 aliphatic carbocycles. The molecule has 4 rings (SSSR count). The summed E-state index contributed by atoms with van der Waals surface area (Å²) in [5.74, 6) is 0.671. The van der Waals surface area contributed by atoms with E-state index >= 15 is 0 Å². The number of aromatic nitrogens is 2. The molecule has 0 saturated carbocycles. The minimum Gasteiger partial charge on any atom is -0.488 e. The fourth-order valence-electron chi connectivity index (χ4n) is 3.00. The lowest BCUT2D eigenvalue weighted by Crippen LogP contribution is -2.30. The van der Waals surface area contributed by atoms with Gasteiger partial charge in [-0.15, -0.1) is 0 Å². The molecule has 0 saturated heterocycles. The average molecular weight is 424 g/mol. The standard InChI is InChI=1S/C21H18BrN3O2/c1-14(15-2-5-19(6-3-15)25-9-8-23-13-25)24-21(26)17-10-16-11-18(22)4-7-20(16)27-12-17/h2-11,13-14H,12H2,1H3,(H,24,26). The number of imidazole rings is 1. The summed E-state index contributed by atoms with van der Waals surface area (Å²) in [6.07, 6.45) is 7.28. The summed E-state index contributed by atoms with van der Waals surface area (Å²) in [5, 5.41) is 3.05. The van der Waals surface area contributed by atoms with Crippen molar-refractivity contribution < 1.29 is 9.53 Å². The number of rotatable bonds is 4. The minimum absolute atomic E-state index is 0.112. The van der Waals surface area contributed by atoms with Crippen LogP contribution in [-0.2, 0) is 4.79 Å². The SMILES string of the molecule is CC(NC(=O)C1=Cc2cc(Br)ccc2OC1)c1ccc(-n2ccnc2)cc1. The second kappa shape index (κ2) is 7.40. The van der Waals surface area contributed by atoms with Crippen LogP contribution in [0.15, 0.2) is 71.2 Å². The molecule has 1 N–H and O–H groups in total. The molecule has 1 atom stereocenters. The van der Waals surface area contributed by atoms with E-state index in [1.165, 1.54) is 0 Å². The van der Waals surface area contributed by atoms with Gasteiger partial charge in [0.25, 0.3) is 5.91 Å². The van der Waals surface area contributed by atoms with E-state index in [-0.39, 0.29) is 18.6 Å². The lowest BCUT2D eigenvalue weighted by molar-refractivity contribution is -0.118. The summed E-state index contributed by atoms with van der Waals surface area (Å²) < 4.78 is 8.59. The number of fused-ring (bicyclic) bond motifs is 1. The molecule has 2 heterocycles. The van der Waals surface area contributed by atoms with Gasteiger partial charge in [0.2, 0.25) is 0 Å². The van der Waals surface area contributed by atoms with E-state index < -0.39 is 0 Å². The molecular formula is C21H18BrN3O2. The Balaban J connectivity index is 1.46. The lowest BCUT2D eigenvalue weighted by Gasteiger charge is -2.20. The first kappa shape index (κ1) is 17.5. The highest BCUT2D eigenvalue weighted by Gasteiger charge is 2.19. The van der Waals surface area contributed by atoms with Crippen LogP contribution >= 0.6 is 15.9 Å². The summed E-state index contributed by atoms with van der Waals surface area (Å²) in [5.41, 5.74) is 3.58. The Hall–Kier alpha value is -2.86. The topological polar surface area (TPSA) is 56.1 Å². The fraction of sp³-hybridized carbons (Fsp3) is 0.143. The highest BCUT2D eigenvalue weighted by Crippen LogP contribution is 2.29. The van der Waals surface area contributed by atoms with Crippen LogP contribution in [0.4, 0.5) is 0 Å². The normalized spacial score (nSPS) is 13.9. The minimum atomic E-state index is -0.119. The van der Waals surface area contributed by atoms with Crippen LogP contribution in [-0.4, -0.2) is 22.1 Å². The van der Waals surface area contributed by atoms with Crippen LogP contribution in [0.5, 0.6) is 5.75 Å². The van der Waals surface area contributed by atoms with Gasteiger partial charge in [0.05, 0.1) is 17.9 Å². The molecule has 0 bridgehead atoms. The molecule has 3 aromatic rings. The molecule has 2 aromatic carbocycles. The van der Waals surface area contributed by atoms with Gasteiger partial charge in [-0.1, -0.05) is 28.1 Å². The van der Waals surface area contributed by atoms with Crippen LogP contribution in [0.1, 0.15) is 24.1 Å². The summed E-state index contributed by atoms with van der Waals surface area (Å²) in [6, 6.07) is 13.7. The van der Waals surface area contributed by atoms with Crippen molar-refractivity contribution in [2.45, 2.75) is 13.0 Å². The number of ether oxygens (including phenoxy) is 1.